The Morgan fingerprint density at radius 2 is 1.86 bits per heavy atom. The Hall–Kier alpha value is -1.87. The van der Waals surface area contributed by atoms with E-state index in [1.54, 1.807) is 19.3 Å². The van der Waals surface area contributed by atoms with Crippen molar-refractivity contribution in [3.8, 4) is 0 Å². The van der Waals surface area contributed by atoms with Gasteiger partial charge in [-0.1, -0.05) is 62.7 Å². The van der Waals surface area contributed by atoms with Crippen molar-refractivity contribution in [1.82, 2.24) is 9.78 Å². The SMILES string of the molecule is Cn1cc(Cl)c(C(=O)/C=C/c2ccc(C(C)(C)C)cc2)n1. The van der Waals surface area contributed by atoms with E-state index in [4.69, 9.17) is 11.6 Å². The quantitative estimate of drug-likeness (QED) is 0.627. The van der Waals surface area contributed by atoms with E-state index in [9.17, 15) is 4.79 Å². The Morgan fingerprint density at radius 1 is 1.24 bits per heavy atom. The molecule has 0 amide bonds. The van der Waals surface area contributed by atoms with Crippen LogP contribution in [-0.2, 0) is 12.5 Å². The molecule has 4 heteroatoms. The summed E-state index contributed by atoms with van der Waals surface area (Å²) in [5, 5.41) is 4.42. The molecule has 0 aliphatic heterocycles. The van der Waals surface area contributed by atoms with Gasteiger partial charge in [-0.15, -0.1) is 0 Å². The van der Waals surface area contributed by atoms with Gasteiger partial charge in [0.1, 0.15) is 0 Å². The van der Waals surface area contributed by atoms with Gasteiger partial charge in [-0.2, -0.15) is 5.10 Å². The average Bonchev–Trinajstić information content (AvgIpc) is 2.74. The first-order valence-electron chi connectivity index (χ1n) is 6.79. The molecule has 0 spiro atoms. The molecule has 2 rings (SSSR count). The highest BCUT2D eigenvalue weighted by atomic mass is 35.5. The summed E-state index contributed by atoms with van der Waals surface area (Å²) >= 11 is 5.95. The lowest BCUT2D eigenvalue weighted by molar-refractivity contribution is 0.104. The number of benzene rings is 1. The Balaban J connectivity index is 2.14. The molecule has 0 bridgehead atoms. The van der Waals surface area contributed by atoms with Gasteiger partial charge in [0.15, 0.2) is 5.69 Å². The van der Waals surface area contributed by atoms with E-state index < -0.39 is 0 Å². The lowest BCUT2D eigenvalue weighted by Crippen LogP contribution is -2.10. The fraction of sp³-hybridized carbons (Fsp3) is 0.294. The third-order valence-electron chi connectivity index (χ3n) is 3.22. The van der Waals surface area contributed by atoms with Crippen LogP contribution in [0.2, 0.25) is 5.02 Å². The molecule has 0 fully saturated rings. The highest BCUT2D eigenvalue weighted by molar-refractivity contribution is 6.34. The Morgan fingerprint density at radius 3 is 2.33 bits per heavy atom. The molecule has 0 unspecified atom stereocenters. The second-order valence-corrected chi connectivity index (χ2v) is 6.48. The number of hydrogen-bond donors (Lipinski definition) is 0. The van der Waals surface area contributed by atoms with Gasteiger partial charge in [0.2, 0.25) is 5.78 Å². The number of carbonyl (C=O) groups excluding carboxylic acids is 1. The van der Waals surface area contributed by atoms with Crippen LogP contribution in [0, 0.1) is 0 Å². The predicted octanol–water partition coefficient (Wildman–Crippen LogP) is 4.27. The number of halogens is 1. The summed E-state index contributed by atoms with van der Waals surface area (Å²) in [6.45, 7) is 6.51. The molecule has 0 N–H and O–H groups in total. The predicted molar refractivity (Wildman–Crippen MR) is 86.7 cm³/mol. The number of carbonyl (C=O) groups is 1. The van der Waals surface area contributed by atoms with E-state index in [2.05, 4.69) is 38.0 Å². The largest absolute Gasteiger partial charge is 0.287 e. The summed E-state index contributed by atoms with van der Waals surface area (Å²) in [6.07, 6.45) is 4.89. The van der Waals surface area contributed by atoms with Gasteiger partial charge in [0.05, 0.1) is 5.02 Å². The summed E-state index contributed by atoms with van der Waals surface area (Å²) in [4.78, 5) is 12.0. The Bertz CT molecular complexity index is 676. The van der Waals surface area contributed by atoms with Crippen molar-refractivity contribution in [2.45, 2.75) is 26.2 Å². The minimum absolute atomic E-state index is 0.125. The van der Waals surface area contributed by atoms with Crippen LogP contribution < -0.4 is 0 Å². The smallest absolute Gasteiger partial charge is 0.207 e. The molecule has 1 heterocycles. The molecule has 0 atom stereocenters. The molecule has 21 heavy (non-hydrogen) atoms. The molecule has 1 aromatic heterocycles. The van der Waals surface area contributed by atoms with Crippen LogP contribution in [0.15, 0.2) is 36.5 Å². The van der Waals surface area contributed by atoms with Crippen LogP contribution >= 0.6 is 11.6 Å². The molecule has 0 radical (unpaired) electrons. The van der Waals surface area contributed by atoms with Gasteiger partial charge in [-0.3, -0.25) is 9.48 Å². The summed E-state index contributed by atoms with van der Waals surface area (Å²) in [6, 6.07) is 8.17. The van der Waals surface area contributed by atoms with Gasteiger partial charge in [0.25, 0.3) is 0 Å². The molecular formula is C17H19ClN2O. The first kappa shape index (κ1) is 15.5. The molecule has 0 saturated carbocycles. The molecule has 1 aromatic carbocycles. The van der Waals surface area contributed by atoms with E-state index in [1.807, 2.05) is 12.1 Å². The van der Waals surface area contributed by atoms with E-state index in [0.29, 0.717) is 5.02 Å². The van der Waals surface area contributed by atoms with E-state index in [0.717, 1.165) is 5.56 Å². The molecular weight excluding hydrogens is 284 g/mol. The summed E-state index contributed by atoms with van der Waals surface area (Å²) < 4.78 is 1.53. The fourth-order valence-electron chi connectivity index (χ4n) is 1.97. The number of hydrogen-bond acceptors (Lipinski definition) is 2. The van der Waals surface area contributed by atoms with Crippen LogP contribution in [-0.4, -0.2) is 15.6 Å². The molecule has 3 nitrogen and oxygen atoms in total. The fourth-order valence-corrected chi connectivity index (χ4v) is 2.24. The van der Waals surface area contributed by atoms with Crippen molar-refractivity contribution < 1.29 is 4.79 Å². The van der Waals surface area contributed by atoms with Crippen molar-refractivity contribution in [1.29, 1.82) is 0 Å². The second kappa shape index (κ2) is 5.86. The van der Waals surface area contributed by atoms with Crippen molar-refractivity contribution in [2.75, 3.05) is 0 Å². The van der Waals surface area contributed by atoms with Crippen molar-refractivity contribution in [3.63, 3.8) is 0 Å². The maximum atomic E-state index is 12.0. The van der Waals surface area contributed by atoms with Gasteiger partial charge >= 0.3 is 0 Å². The Labute approximate surface area is 130 Å². The number of ketones is 1. The maximum absolute atomic E-state index is 12.0. The molecule has 2 aromatic rings. The van der Waals surface area contributed by atoms with Crippen LogP contribution in [0.3, 0.4) is 0 Å². The lowest BCUT2D eigenvalue weighted by Gasteiger charge is -2.18. The summed E-state index contributed by atoms with van der Waals surface area (Å²) in [7, 11) is 1.73. The molecule has 0 aliphatic carbocycles. The van der Waals surface area contributed by atoms with Crippen LogP contribution in [0.25, 0.3) is 6.08 Å². The van der Waals surface area contributed by atoms with Gasteiger partial charge in [-0.05, 0) is 22.6 Å². The lowest BCUT2D eigenvalue weighted by atomic mass is 9.87. The summed E-state index contributed by atoms with van der Waals surface area (Å²) in [5.41, 5.74) is 2.64. The van der Waals surface area contributed by atoms with Crippen LogP contribution in [0.4, 0.5) is 0 Å². The maximum Gasteiger partial charge on any atom is 0.207 e. The van der Waals surface area contributed by atoms with Crippen molar-refractivity contribution in [3.05, 3.63) is 58.4 Å². The average molecular weight is 303 g/mol. The topological polar surface area (TPSA) is 34.9 Å². The highest BCUT2D eigenvalue weighted by Gasteiger charge is 2.13. The zero-order valence-electron chi connectivity index (χ0n) is 12.7. The first-order chi connectivity index (χ1) is 9.77. The monoisotopic (exact) mass is 302 g/mol. The van der Waals surface area contributed by atoms with E-state index in [-0.39, 0.29) is 16.9 Å². The Kier molecular flexibility index (Phi) is 4.33. The van der Waals surface area contributed by atoms with Gasteiger partial charge < -0.3 is 0 Å². The standard InChI is InChI=1S/C17H19ClN2O/c1-17(2,3)13-8-5-12(6-9-13)7-10-15(21)16-14(18)11-20(4)19-16/h5-11H,1-4H3/b10-7+. The molecule has 110 valence electrons. The van der Waals surface area contributed by atoms with E-state index in [1.165, 1.54) is 16.3 Å². The van der Waals surface area contributed by atoms with E-state index >= 15 is 0 Å². The number of aromatic nitrogens is 2. The van der Waals surface area contributed by atoms with Crippen molar-refractivity contribution in [2.24, 2.45) is 7.05 Å². The minimum atomic E-state index is -0.194. The minimum Gasteiger partial charge on any atom is -0.287 e. The third kappa shape index (κ3) is 3.82. The van der Waals surface area contributed by atoms with Gasteiger partial charge in [-0.25, -0.2) is 0 Å². The zero-order valence-corrected chi connectivity index (χ0v) is 13.5. The number of aryl methyl sites for hydroxylation is 1. The van der Waals surface area contributed by atoms with Crippen molar-refractivity contribution >= 4 is 23.5 Å². The molecule has 0 aliphatic rings. The van der Waals surface area contributed by atoms with Crippen LogP contribution in [0.1, 0.15) is 42.4 Å². The second-order valence-electron chi connectivity index (χ2n) is 6.07. The normalized spacial score (nSPS) is 12.0. The van der Waals surface area contributed by atoms with Gasteiger partial charge in [0, 0.05) is 13.2 Å². The number of rotatable bonds is 3. The van der Waals surface area contributed by atoms with Crippen LogP contribution in [0.5, 0.6) is 0 Å². The first-order valence-corrected chi connectivity index (χ1v) is 7.17. The molecule has 0 saturated heterocycles. The highest BCUT2D eigenvalue weighted by Crippen LogP contribution is 2.22. The number of nitrogens with zero attached hydrogens (tertiary/aromatic N) is 2. The third-order valence-corrected chi connectivity index (χ3v) is 3.50. The number of allylic oxidation sites excluding steroid dienone is 1. The summed E-state index contributed by atoms with van der Waals surface area (Å²) in [5.74, 6) is -0.194. The zero-order chi connectivity index (χ0) is 15.6.